The Morgan fingerprint density at radius 1 is 1.19 bits per heavy atom. The largest absolute Gasteiger partial charge is 0.345 e. The van der Waals surface area contributed by atoms with Crippen molar-refractivity contribution in [2.24, 2.45) is 0 Å². The molecular formula is C19H25N5OS. The lowest BCUT2D eigenvalue weighted by Gasteiger charge is -2.34. The number of hydrogen-bond donors (Lipinski definition) is 1. The molecular weight excluding hydrogens is 346 g/mol. The Balaban J connectivity index is 1.30. The van der Waals surface area contributed by atoms with E-state index in [-0.39, 0.29) is 6.03 Å². The molecule has 2 amide bonds. The highest BCUT2D eigenvalue weighted by atomic mass is 32.1. The number of nitrogens with one attached hydrogen (secondary N) is 1. The number of carbonyl (C=O) groups excluding carboxylic acids is 1. The fraction of sp³-hybridized carbons (Fsp3) is 0.526. The van der Waals surface area contributed by atoms with Gasteiger partial charge in [-0.05, 0) is 44.2 Å². The average molecular weight is 372 g/mol. The van der Waals surface area contributed by atoms with Crippen LogP contribution in [0.3, 0.4) is 0 Å². The van der Waals surface area contributed by atoms with E-state index in [1.54, 1.807) is 11.3 Å². The zero-order valence-corrected chi connectivity index (χ0v) is 16.2. The van der Waals surface area contributed by atoms with Crippen LogP contribution in [-0.2, 0) is 0 Å². The van der Waals surface area contributed by atoms with Crippen LogP contribution in [0.5, 0.6) is 0 Å². The summed E-state index contributed by atoms with van der Waals surface area (Å²) >= 11 is 1.73. The van der Waals surface area contributed by atoms with Gasteiger partial charge in [0.1, 0.15) is 5.82 Å². The van der Waals surface area contributed by atoms with Crippen molar-refractivity contribution in [2.45, 2.75) is 39.0 Å². The maximum Gasteiger partial charge on any atom is 0.323 e. The molecule has 6 nitrogen and oxygen atoms in total. The Morgan fingerprint density at radius 3 is 2.50 bits per heavy atom. The van der Waals surface area contributed by atoms with E-state index in [9.17, 15) is 4.79 Å². The number of aryl methyl sites for hydroxylation is 2. The van der Waals surface area contributed by atoms with Gasteiger partial charge in [-0.15, -0.1) is 11.3 Å². The fourth-order valence-electron chi connectivity index (χ4n) is 3.34. The molecule has 26 heavy (non-hydrogen) atoms. The van der Waals surface area contributed by atoms with Crippen LogP contribution in [-0.4, -0.2) is 47.1 Å². The molecule has 1 saturated heterocycles. The summed E-state index contributed by atoms with van der Waals surface area (Å²) in [5, 5.41) is 3.99. The number of aromatic nitrogens is 2. The third-order valence-electron chi connectivity index (χ3n) is 5.45. The van der Waals surface area contributed by atoms with Crippen LogP contribution in [0.25, 0.3) is 0 Å². The van der Waals surface area contributed by atoms with E-state index < -0.39 is 0 Å². The number of pyridine rings is 1. The summed E-state index contributed by atoms with van der Waals surface area (Å²) in [6.07, 6.45) is 5.74. The Kier molecular flexibility index (Phi) is 4.80. The number of carbonyl (C=O) groups is 1. The molecule has 1 N–H and O–H groups in total. The van der Waals surface area contributed by atoms with Crippen LogP contribution in [0.2, 0.25) is 0 Å². The normalized spacial score (nSPS) is 17.9. The summed E-state index contributed by atoms with van der Waals surface area (Å²) in [5.41, 5.74) is 2.39. The Morgan fingerprint density at radius 2 is 1.96 bits per heavy atom. The van der Waals surface area contributed by atoms with Gasteiger partial charge in [0.05, 0.1) is 5.69 Å². The molecule has 0 atom stereocenters. The van der Waals surface area contributed by atoms with Crippen molar-refractivity contribution in [3.05, 3.63) is 34.5 Å². The number of thiazole rings is 1. The number of urea groups is 1. The summed E-state index contributed by atoms with van der Waals surface area (Å²) in [4.78, 5) is 26.9. The van der Waals surface area contributed by atoms with Gasteiger partial charge in [-0.3, -0.25) is 5.32 Å². The number of nitrogens with zero attached hydrogens (tertiary/aromatic N) is 4. The molecule has 0 radical (unpaired) electrons. The van der Waals surface area contributed by atoms with Gasteiger partial charge in [-0.2, -0.15) is 0 Å². The first-order chi connectivity index (χ1) is 12.6. The van der Waals surface area contributed by atoms with Crippen molar-refractivity contribution in [2.75, 3.05) is 36.4 Å². The maximum absolute atomic E-state index is 12.5. The van der Waals surface area contributed by atoms with E-state index in [0.29, 0.717) is 24.8 Å². The second-order valence-electron chi connectivity index (χ2n) is 7.15. The zero-order chi connectivity index (χ0) is 18.1. The lowest BCUT2D eigenvalue weighted by atomic mass is 9.81. The number of rotatable bonds is 3. The highest BCUT2D eigenvalue weighted by Gasteiger charge is 2.24. The second-order valence-corrected chi connectivity index (χ2v) is 8.33. The Hall–Kier alpha value is -2.15. The van der Waals surface area contributed by atoms with E-state index in [2.05, 4.69) is 33.2 Å². The minimum absolute atomic E-state index is 0.0694. The second kappa shape index (κ2) is 7.23. The summed E-state index contributed by atoms with van der Waals surface area (Å²) < 4.78 is 0. The molecule has 4 rings (SSSR count). The predicted molar refractivity (Wildman–Crippen MR) is 105 cm³/mol. The van der Waals surface area contributed by atoms with Crippen LogP contribution < -0.4 is 10.2 Å². The monoisotopic (exact) mass is 371 g/mol. The molecule has 0 aromatic carbocycles. The molecule has 1 saturated carbocycles. The first-order valence-electron chi connectivity index (χ1n) is 9.31. The number of anilines is 2. The van der Waals surface area contributed by atoms with E-state index >= 15 is 0 Å². The van der Waals surface area contributed by atoms with Gasteiger partial charge in [0.2, 0.25) is 0 Å². The van der Waals surface area contributed by atoms with Gasteiger partial charge in [-0.1, -0.05) is 12.5 Å². The predicted octanol–water partition coefficient (Wildman–Crippen LogP) is 3.78. The molecule has 0 bridgehead atoms. The zero-order valence-electron chi connectivity index (χ0n) is 15.4. The molecule has 2 aromatic heterocycles. The van der Waals surface area contributed by atoms with Gasteiger partial charge in [-0.25, -0.2) is 14.8 Å². The van der Waals surface area contributed by atoms with E-state index in [4.69, 9.17) is 0 Å². The lowest BCUT2D eigenvalue weighted by Crippen LogP contribution is -2.50. The molecule has 3 heterocycles. The average Bonchev–Trinajstić information content (AvgIpc) is 2.94. The van der Waals surface area contributed by atoms with E-state index in [0.717, 1.165) is 23.9 Å². The lowest BCUT2D eigenvalue weighted by molar-refractivity contribution is 0.208. The molecule has 138 valence electrons. The van der Waals surface area contributed by atoms with Gasteiger partial charge >= 0.3 is 6.03 Å². The molecule has 0 unspecified atom stereocenters. The van der Waals surface area contributed by atoms with Crippen LogP contribution in [0.4, 0.5) is 15.7 Å². The van der Waals surface area contributed by atoms with Crippen LogP contribution >= 0.6 is 11.3 Å². The number of piperazine rings is 1. The standard InChI is InChI=1S/C19H25N5OS/c1-13-14(2)26-19(21-13)24-10-8-23(9-11-24)18(25)22-17-7-6-16(12-20-17)15-4-3-5-15/h6-7,12,15H,3-5,8-11H2,1-2H3,(H,20,22,25). The summed E-state index contributed by atoms with van der Waals surface area (Å²) in [7, 11) is 0. The number of hydrogen-bond acceptors (Lipinski definition) is 5. The maximum atomic E-state index is 12.5. The highest BCUT2D eigenvalue weighted by Crippen LogP contribution is 2.36. The quantitative estimate of drug-likeness (QED) is 0.892. The van der Waals surface area contributed by atoms with Crippen molar-refractivity contribution < 1.29 is 4.79 Å². The SMILES string of the molecule is Cc1nc(N2CCN(C(=O)Nc3ccc(C4CCC4)cn3)CC2)sc1C. The number of amides is 2. The third-order valence-corrected chi connectivity index (χ3v) is 6.59. The van der Waals surface area contributed by atoms with Crippen molar-refractivity contribution in [1.82, 2.24) is 14.9 Å². The molecule has 2 aromatic rings. The topological polar surface area (TPSA) is 61.4 Å². The van der Waals surface area contributed by atoms with Gasteiger partial charge in [0.25, 0.3) is 0 Å². The summed E-state index contributed by atoms with van der Waals surface area (Å²) in [5.74, 6) is 1.30. The van der Waals surface area contributed by atoms with Crippen molar-refractivity contribution in [1.29, 1.82) is 0 Å². The summed E-state index contributed by atoms with van der Waals surface area (Å²) in [6, 6.07) is 3.94. The molecule has 1 aliphatic heterocycles. The molecule has 2 aliphatic rings. The van der Waals surface area contributed by atoms with E-state index in [1.807, 2.05) is 24.1 Å². The van der Waals surface area contributed by atoms with Gasteiger partial charge < -0.3 is 9.80 Å². The third kappa shape index (κ3) is 3.53. The van der Waals surface area contributed by atoms with E-state index in [1.165, 1.54) is 29.7 Å². The Labute approximate surface area is 158 Å². The van der Waals surface area contributed by atoms with Crippen LogP contribution in [0.1, 0.15) is 41.3 Å². The van der Waals surface area contributed by atoms with Gasteiger partial charge in [0, 0.05) is 37.3 Å². The van der Waals surface area contributed by atoms with Crippen LogP contribution in [0, 0.1) is 13.8 Å². The fourth-order valence-corrected chi connectivity index (χ4v) is 4.30. The first kappa shape index (κ1) is 17.3. The van der Waals surface area contributed by atoms with Gasteiger partial charge in [0.15, 0.2) is 5.13 Å². The van der Waals surface area contributed by atoms with Crippen molar-refractivity contribution in [3.8, 4) is 0 Å². The Bertz CT molecular complexity index is 756. The molecule has 7 heteroatoms. The van der Waals surface area contributed by atoms with Crippen molar-refractivity contribution in [3.63, 3.8) is 0 Å². The molecule has 2 fully saturated rings. The highest BCUT2D eigenvalue weighted by molar-refractivity contribution is 7.15. The minimum Gasteiger partial charge on any atom is -0.345 e. The van der Waals surface area contributed by atoms with Crippen molar-refractivity contribution >= 4 is 28.3 Å². The minimum atomic E-state index is -0.0694. The molecule has 0 spiro atoms. The first-order valence-corrected chi connectivity index (χ1v) is 10.1. The summed E-state index contributed by atoms with van der Waals surface area (Å²) in [6.45, 7) is 7.17. The molecule has 1 aliphatic carbocycles. The smallest absolute Gasteiger partial charge is 0.323 e. The van der Waals surface area contributed by atoms with Crippen LogP contribution in [0.15, 0.2) is 18.3 Å².